The molecular weight excluding hydrogens is 356 g/mol. The lowest BCUT2D eigenvalue weighted by atomic mass is 10.0. The summed E-state index contributed by atoms with van der Waals surface area (Å²) < 4.78 is 0. The molecule has 0 fully saturated rings. The smallest absolute Gasteiger partial charge is 0.264 e. The minimum absolute atomic E-state index is 0.131. The van der Waals surface area contributed by atoms with Crippen LogP contribution in [0.15, 0.2) is 59.8 Å². The minimum Gasteiger partial charge on any atom is -0.548 e. The van der Waals surface area contributed by atoms with Gasteiger partial charge in [0.2, 0.25) is 6.10 Å². The number of carbonyl (C=O) groups is 2. The van der Waals surface area contributed by atoms with Gasteiger partial charge in [0.15, 0.2) is 0 Å². The zero-order valence-electron chi connectivity index (χ0n) is 13.7. The van der Waals surface area contributed by atoms with E-state index >= 15 is 0 Å². The van der Waals surface area contributed by atoms with E-state index in [0.29, 0.717) is 10.7 Å². The monoisotopic (exact) mass is 371 g/mol. The van der Waals surface area contributed by atoms with Gasteiger partial charge in [0.25, 0.3) is 5.91 Å². The van der Waals surface area contributed by atoms with Crippen molar-refractivity contribution in [1.82, 2.24) is 5.32 Å². The van der Waals surface area contributed by atoms with Crippen molar-refractivity contribution in [3.63, 3.8) is 0 Å². The molecule has 1 amide bonds. The molecule has 2 aromatic rings. The van der Waals surface area contributed by atoms with Crippen molar-refractivity contribution in [3.05, 3.63) is 70.7 Å². The van der Waals surface area contributed by atoms with E-state index in [-0.39, 0.29) is 12.8 Å². The molecule has 0 aliphatic carbocycles. The van der Waals surface area contributed by atoms with Gasteiger partial charge in [-0.25, -0.2) is 0 Å². The number of carboxylic acids is 1. The van der Waals surface area contributed by atoms with Gasteiger partial charge in [0, 0.05) is 11.4 Å². The Labute approximate surface area is 155 Å². The average Bonchev–Trinajstić information content (AvgIpc) is 3.13. The van der Waals surface area contributed by atoms with E-state index in [1.807, 2.05) is 6.07 Å². The summed E-state index contributed by atoms with van der Waals surface area (Å²) in [5.74, 6) is -1.89. The molecule has 1 heterocycles. The van der Waals surface area contributed by atoms with Crippen LogP contribution in [0, 0.1) is 0 Å². The van der Waals surface area contributed by atoms with Crippen molar-refractivity contribution in [2.24, 2.45) is 5.16 Å². The third-order valence-electron chi connectivity index (χ3n) is 4.02. The lowest BCUT2D eigenvalue weighted by Crippen LogP contribution is -2.51. The number of carboxylic acid groups (broad SMARTS) is 1. The van der Waals surface area contributed by atoms with Crippen molar-refractivity contribution in [3.8, 4) is 0 Å². The van der Waals surface area contributed by atoms with Gasteiger partial charge in [0.05, 0.1) is 17.7 Å². The van der Waals surface area contributed by atoms with E-state index in [0.717, 1.165) is 11.1 Å². The molecule has 0 saturated heterocycles. The van der Waals surface area contributed by atoms with Crippen molar-refractivity contribution in [2.45, 2.75) is 25.0 Å². The van der Waals surface area contributed by atoms with Crippen LogP contribution >= 0.6 is 11.6 Å². The fourth-order valence-corrected chi connectivity index (χ4v) is 2.76. The van der Waals surface area contributed by atoms with E-state index in [2.05, 4.69) is 10.5 Å². The van der Waals surface area contributed by atoms with Crippen LogP contribution in [0.5, 0.6) is 0 Å². The Hall–Kier alpha value is -2.86. The first-order valence-corrected chi connectivity index (χ1v) is 8.44. The molecule has 134 valence electrons. The SMILES string of the molecule is O=C([O-])[C@@H](Cc1ccccc1)NC(=O)[C@H]1CC(c2ccc(Cl)cc2)=NO1. The first-order chi connectivity index (χ1) is 12.5. The van der Waals surface area contributed by atoms with Gasteiger partial charge in [-0.05, 0) is 29.7 Å². The molecular formula is C19H16ClN2O4-. The third kappa shape index (κ3) is 4.40. The molecule has 26 heavy (non-hydrogen) atoms. The second-order valence-electron chi connectivity index (χ2n) is 5.91. The molecule has 2 aromatic carbocycles. The molecule has 7 heteroatoms. The molecule has 0 unspecified atom stereocenters. The maximum Gasteiger partial charge on any atom is 0.264 e. The fraction of sp³-hybridized carbons (Fsp3) is 0.211. The molecule has 0 saturated carbocycles. The summed E-state index contributed by atoms with van der Waals surface area (Å²) >= 11 is 5.85. The summed E-state index contributed by atoms with van der Waals surface area (Å²) in [7, 11) is 0. The number of halogens is 1. The summed E-state index contributed by atoms with van der Waals surface area (Å²) in [6.45, 7) is 0. The van der Waals surface area contributed by atoms with Crippen LogP contribution < -0.4 is 10.4 Å². The zero-order valence-corrected chi connectivity index (χ0v) is 14.5. The Morgan fingerprint density at radius 2 is 1.88 bits per heavy atom. The number of nitrogens with zero attached hydrogens (tertiary/aromatic N) is 1. The fourth-order valence-electron chi connectivity index (χ4n) is 2.64. The molecule has 0 aromatic heterocycles. The normalized spacial score (nSPS) is 17.1. The van der Waals surface area contributed by atoms with Crippen molar-refractivity contribution >= 4 is 29.2 Å². The predicted octanol–water partition coefficient (Wildman–Crippen LogP) is 1.31. The van der Waals surface area contributed by atoms with Gasteiger partial charge in [0.1, 0.15) is 0 Å². The van der Waals surface area contributed by atoms with Crippen LogP contribution in [0.2, 0.25) is 5.02 Å². The highest BCUT2D eigenvalue weighted by Gasteiger charge is 2.30. The van der Waals surface area contributed by atoms with Gasteiger partial charge in [-0.2, -0.15) is 0 Å². The highest BCUT2D eigenvalue weighted by Crippen LogP contribution is 2.19. The van der Waals surface area contributed by atoms with E-state index in [9.17, 15) is 14.7 Å². The van der Waals surface area contributed by atoms with Crippen molar-refractivity contribution in [2.75, 3.05) is 0 Å². The highest BCUT2D eigenvalue weighted by atomic mass is 35.5. The Bertz CT molecular complexity index is 821. The molecule has 6 nitrogen and oxygen atoms in total. The number of benzene rings is 2. The second-order valence-corrected chi connectivity index (χ2v) is 6.35. The summed E-state index contributed by atoms with van der Waals surface area (Å²) in [6.07, 6.45) is -0.497. The maximum atomic E-state index is 12.4. The molecule has 0 spiro atoms. The molecule has 3 rings (SSSR count). The van der Waals surface area contributed by atoms with E-state index in [1.54, 1.807) is 48.5 Å². The minimum atomic E-state index is -1.35. The van der Waals surface area contributed by atoms with E-state index in [4.69, 9.17) is 16.4 Å². The Balaban J connectivity index is 1.60. The summed E-state index contributed by atoms with van der Waals surface area (Å²) in [4.78, 5) is 28.9. The summed E-state index contributed by atoms with van der Waals surface area (Å²) in [5.41, 5.74) is 2.19. The standard InChI is InChI=1S/C19H17ClN2O4/c20-14-8-6-13(7-9-14)15-11-17(26-22-15)18(23)21-16(19(24)25)10-12-4-2-1-3-5-12/h1-9,16-17H,10-11H2,(H,21,23)(H,24,25)/p-1/t16-,17-/m1/s1. The number of nitrogens with one attached hydrogen (secondary N) is 1. The number of aliphatic carboxylic acids is 1. The molecule has 1 N–H and O–H groups in total. The number of amides is 1. The van der Waals surface area contributed by atoms with Gasteiger partial charge in [-0.1, -0.05) is 59.2 Å². The molecule has 0 radical (unpaired) electrons. The van der Waals surface area contributed by atoms with Gasteiger partial charge in [-0.3, -0.25) is 4.79 Å². The van der Waals surface area contributed by atoms with E-state index in [1.165, 1.54) is 0 Å². The quantitative estimate of drug-likeness (QED) is 0.828. The topological polar surface area (TPSA) is 90.8 Å². The van der Waals surface area contributed by atoms with E-state index < -0.39 is 24.0 Å². The van der Waals surface area contributed by atoms with Gasteiger partial charge < -0.3 is 20.1 Å². The molecule has 0 bridgehead atoms. The predicted molar refractivity (Wildman–Crippen MR) is 94.6 cm³/mol. The first-order valence-electron chi connectivity index (χ1n) is 8.06. The Morgan fingerprint density at radius 1 is 1.19 bits per heavy atom. The Kier molecular flexibility index (Phi) is 5.53. The van der Waals surface area contributed by atoms with Gasteiger partial charge in [-0.15, -0.1) is 0 Å². The second kappa shape index (κ2) is 8.01. The lowest BCUT2D eigenvalue weighted by molar-refractivity contribution is -0.308. The van der Waals surface area contributed by atoms with Crippen LogP contribution in [0.3, 0.4) is 0 Å². The number of hydrogen-bond donors (Lipinski definition) is 1. The lowest BCUT2D eigenvalue weighted by Gasteiger charge is -2.21. The number of hydrogen-bond acceptors (Lipinski definition) is 5. The van der Waals surface area contributed by atoms with Crippen LogP contribution in [0.4, 0.5) is 0 Å². The van der Waals surface area contributed by atoms with Crippen molar-refractivity contribution in [1.29, 1.82) is 0 Å². The number of rotatable bonds is 6. The van der Waals surface area contributed by atoms with Crippen LogP contribution in [0.1, 0.15) is 17.5 Å². The molecule has 2 atom stereocenters. The maximum absolute atomic E-state index is 12.4. The molecule has 1 aliphatic heterocycles. The summed E-state index contributed by atoms with van der Waals surface area (Å²) in [6, 6.07) is 14.9. The number of oxime groups is 1. The average molecular weight is 372 g/mol. The first kappa shape index (κ1) is 17.9. The zero-order chi connectivity index (χ0) is 18.5. The van der Waals surface area contributed by atoms with Crippen LogP contribution in [-0.2, 0) is 20.8 Å². The highest BCUT2D eigenvalue weighted by molar-refractivity contribution is 6.30. The third-order valence-corrected chi connectivity index (χ3v) is 4.27. The molecule has 1 aliphatic rings. The summed E-state index contributed by atoms with van der Waals surface area (Å²) in [5, 5.41) is 18.4. The van der Waals surface area contributed by atoms with Crippen LogP contribution in [-0.4, -0.2) is 29.7 Å². The Morgan fingerprint density at radius 3 is 2.54 bits per heavy atom. The van der Waals surface area contributed by atoms with Crippen molar-refractivity contribution < 1.29 is 19.5 Å². The van der Waals surface area contributed by atoms with Gasteiger partial charge >= 0.3 is 0 Å². The number of carbonyl (C=O) groups excluding carboxylic acids is 2. The largest absolute Gasteiger partial charge is 0.548 e. The van der Waals surface area contributed by atoms with Crippen LogP contribution in [0.25, 0.3) is 0 Å².